The number of hydrogen-bond donors (Lipinski definition) is 0. The first-order chi connectivity index (χ1) is 13.9. The highest BCUT2D eigenvalue weighted by Crippen LogP contribution is 2.62. The second-order valence-corrected chi connectivity index (χ2v) is 11.1. The summed E-state index contributed by atoms with van der Waals surface area (Å²) in [4.78, 5) is 12.9. The van der Waals surface area contributed by atoms with Gasteiger partial charge in [0.1, 0.15) is 5.78 Å². The topological polar surface area (TPSA) is 17.1 Å². The molecule has 0 aromatic carbocycles. The Kier molecular flexibility index (Phi) is 6.24. The molecule has 1 heteroatoms. The van der Waals surface area contributed by atoms with E-state index < -0.39 is 0 Å². The van der Waals surface area contributed by atoms with Gasteiger partial charge < -0.3 is 0 Å². The van der Waals surface area contributed by atoms with Crippen LogP contribution in [0.15, 0.2) is 35.5 Å². The fraction of sp³-hybridized carbons (Fsp3) is 0.750. The number of carbonyl (C=O) groups is 1. The van der Waals surface area contributed by atoms with Crippen LogP contribution in [0, 0.1) is 28.6 Å². The molecule has 0 aromatic rings. The zero-order valence-electron chi connectivity index (χ0n) is 19.1. The fourth-order valence-corrected chi connectivity index (χ4v) is 6.96. The third kappa shape index (κ3) is 4.35. The van der Waals surface area contributed by atoms with Crippen molar-refractivity contribution in [3.63, 3.8) is 0 Å². The third-order valence-corrected chi connectivity index (χ3v) is 9.11. The van der Waals surface area contributed by atoms with Gasteiger partial charge in [-0.3, -0.25) is 4.79 Å². The van der Waals surface area contributed by atoms with Crippen LogP contribution in [-0.2, 0) is 4.79 Å². The Morgan fingerprint density at radius 1 is 1.03 bits per heavy atom. The molecule has 4 rings (SSSR count). The highest BCUT2D eigenvalue weighted by atomic mass is 16.1. The average Bonchev–Trinajstić information content (AvgIpc) is 3.46. The number of ketones is 1. The van der Waals surface area contributed by atoms with Crippen molar-refractivity contribution in [2.75, 3.05) is 0 Å². The number of rotatable bonds is 6. The Balaban J connectivity index is 1.55. The minimum Gasteiger partial charge on any atom is -0.299 e. The van der Waals surface area contributed by atoms with Crippen LogP contribution < -0.4 is 0 Å². The van der Waals surface area contributed by atoms with E-state index in [2.05, 4.69) is 38.2 Å². The van der Waals surface area contributed by atoms with Gasteiger partial charge in [-0.15, -0.1) is 0 Å². The molecule has 4 atom stereocenters. The zero-order chi connectivity index (χ0) is 20.5. The van der Waals surface area contributed by atoms with Gasteiger partial charge in [0.2, 0.25) is 0 Å². The van der Waals surface area contributed by atoms with Gasteiger partial charge in [0.25, 0.3) is 0 Å². The van der Waals surface area contributed by atoms with Crippen LogP contribution in [0.3, 0.4) is 0 Å². The summed E-state index contributed by atoms with van der Waals surface area (Å²) in [5.41, 5.74) is 3.34. The van der Waals surface area contributed by atoms with Crippen LogP contribution in [-0.4, -0.2) is 5.78 Å². The van der Waals surface area contributed by atoms with Crippen LogP contribution in [0.25, 0.3) is 0 Å². The van der Waals surface area contributed by atoms with Gasteiger partial charge in [-0.1, -0.05) is 48.8 Å². The minimum atomic E-state index is -0.289. The summed E-state index contributed by atoms with van der Waals surface area (Å²) < 4.78 is 0. The fourth-order valence-electron chi connectivity index (χ4n) is 6.96. The molecule has 160 valence electrons. The molecule has 4 aliphatic carbocycles. The van der Waals surface area contributed by atoms with Crippen molar-refractivity contribution in [1.29, 1.82) is 0 Å². The SMILES string of the molecule is CC(=O)[C@@](C)(C=CCC1CC1)[C@H]1CC[C@H]2C(=CC=C3CCCCC3)CCC[C@@]21C. The highest BCUT2D eigenvalue weighted by molar-refractivity contribution is 5.84. The number of allylic oxidation sites excluding steroid dienone is 6. The maximum absolute atomic E-state index is 12.9. The molecule has 0 radical (unpaired) electrons. The lowest BCUT2D eigenvalue weighted by Crippen LogP contribution is -2.43. The van der Waals surface area contributed by atoms with Gasteiger partial charge in [0.05, 0.1) is 0 Å². The van der Waals surface area contributed by atoms with Gasteiger partial charge in [0.15, 0.2) is 0 Å². The first-order valence-corrected chi connectivity index (χ1v) is 12.5. The Morgan fingerprint density at radius 3 is 2.48 bits per heavy atom. The van der Waals surface area contributed by atoms with Crippen molar-refractivity contribution < 1.29 is 4.79 Å². The molecule has 0 spiro atoms. The zero-order valence-corrected chi connectivity index (χ0v) is 19.1. The lowest BCUT2D eigenvalue weighted by molar-refractivity contribution is -0.128. The second kappa shape index (κ2) is 8.56. The maximum Gasteiger partial charge on any atom is 0.139 e. The van der Waals surface area contributed by atoms with Crippen LogP contribution in [0.4, 0.5) is 0 Å². The number of Topliss-reactive ketones (excluding diaryl/α,β-unsaturated/α-hetero) is 1. The van der Waals surface area contributed by atoms with Gasteiger partial charge in [-0.2, -0.15) is 0 Å². The van der Waals surface area contributed by atoms with E-state index in [0.29, 0.717) is 17.6 Å². The predicted molar refractivity (Wildman–Crippen MR) is 123 cm³/mol. The molecule has 0 bridgehead atoms. The van der Waals surface area contributed by atoms with E-state index in [1.54, 1.807) is 11.1 Å². The summed E-state index contributed by atoms with van der Waals surface area (Å²) in [5.74, 6) is 2.43. The minimum absolute atomic E-state index is 0.277. The summed E-state index contributed by atoms with van der Waals surface area (Å²) in [6, 6.07) is 0. The normalized spacial score (nSPS) is 36.2. The molecule has 29 heavy (non-hydrogen) atoms. The van der Waals surface area contributed by atoms with E-state index >= 15 is 0 Å². The molecule has 4 aliphatic rings. The smallest absolute Gasteiger partial charge is 0.139 e. The number of hydrogen-bond acceptors (Lipinski definition) is 1. The molecule has 0 aromatic heterocycles. The van der Waals surface area contributed by atoms with Gasteiger partial charge in [-0.25, -0.2) is 0 Å². The molecule has 0 saturated heterocycles. The van der Waals surface area contributed by atoms with Gasteiger partial charge in [0, 0.05) is 5.41 Å². The van der Waals surface area contributed by atoms with Crippen molar-refractivity contribution in [3.8, 4) is 0 Å². The molecule has 4 saturated carbocycles. The second-order valence-electron chi connectivity index (χ2n) is 11.1. The summed E-state index contributed by atoms with van der Waals surface area (Å²) >= 11 is 0. The molecule has 1 nitrogen and oxygen atoms in total. The molecule has 0 unspecified atom stereocenters. The van der Waals surface area contributed by atoms with Crippen molar-refractivity contribution in [3.05, 3.63) is 35.5 Å². The standard InChI is InChI=1S/C28H42O/c1-21(29)27(2,19-7-11-23-13-14-23)26-18-17-25-24(12-8-20-28(25,26)3)16-15-22-9-5-4-6-10-22/h7,15-16,19,23,25-26H,4-6,8-14,17-18,20H2,1-3H3/t25-,26+,27+,28-/m0/s1. The Bertz CT molecular complexity index is 698. The van der Waals surface area contributed by atoms with E-state index in [1.165, 1.54) is 83.5 Å². The molecule has 0 aliphatic heterocycles. The Hall–Kier alpha value is -1.11. The largest absolute Gasteiger partial charge is 0.299 e. The lowest BCUT2D eigenvalue weighted by atomic mass is 9.56. The Labute approximate surface area is 179 Å². The summed E-state index contributed by atoms with van der Waals surface area (Å²) in [7, 11) is 0. The molecular formula is C28H42O. The van der Waals surface area contributed by atoms with Crippen molar-refractivity contribution in [2.45, 2.75) is 104 Å². The molecule has 0 N–H and O–H groups in total. The van der Waals surface area contributed by atoms with Gasteiger partial charge >= 0.3 is 0 Å². The summed E-state index contributed by atoms with van der Waals surface area (Å²) in [5, 5.41) is 0. The third-order valence-electron chi connectivity index (χ3n) is 9.11. The van der Waals surface area contributed by atoms with Crippen molar-refractivity contribution in [2.24, 2.45) is 28.6 Å². The van der Waals surface area contributed by atoms with Gasteiger partial charge in [-0.05, 0) is 114 Å². The molecular weight excluding hydrogens is 352 g/mol. The number of carbonyl (C=O) groups excluding carboxylic acids is 1. The van der Waals surface area contributed by atoms with Crippen LogP contribution in [0.2, 0.25) is 0 Å². The lowest BCUT2D eigenvalue weighted by Gasteiger charge is -2.47. The van der Waals surface area contributed by atoms with E-state index in [4.69, 9.17) is 0 Å². The maximum atomic E-state index is 12.9. The van der Waals surface area contributed by atoms with E-state index in [9.17, 15) is 4.79 Å². The Morgan fingerprint density at radius 2 is 1.79 bits per heavy atom. The van der Waals surface area contributed by atoms with E-state index in [1.807, 2.05) is 6.92 Å². The predicted octanol–water partition coefficient (Wildman–Crippen LogP) is 7.97. The van der Waals surface area contributed by atoms with Crippen LogP contribution >= 0.6 is 0 Å². The quantitative estimate of drug-likeness (QED) is 0.417. The average molecular weight is 395 g/mol. The van der Waals surface area contributed by atoms with E-state index in [0.717, 1.165) is 5.92 Å². The summed E-state index contributed by atoms with van der Waals surface area (Å²) in [6.45, 7) is 6.61. The summed E-state index contributed by atoms with van der Waals surface area (Å²) in [6.07, 6.45) is 26.7. The number of fused-ring (bicyclic) bond motifs is 1. The first kappa shape index (κ1) is 21.1. The van der Waals surface area contributed by atoms with Crippen LogP contribution in [0.1, 0.15) is 104 Å². The monoisotopic (exact) mass is 394 g/mol. The molecule has 0 heterocycles. The highest BCUT2D eigenvalue weighted by Gasteiger charge is 2.56. The first-order valence-electron chi connectivity index (χ1n) is 12.5. The molecule has 0 amide bonds. The van der Waals surface area contributed by atoms with E-state index in [-0.39, 0.29) is 10.8 Å². The van der Waals surface area contributed by atoms with Crippen LogP contribution in [0.5, 0.6) is 0 Å². The molecule has 4 fully saturated rings. The van der Waals surface area contributed by atoms with Crippen molar-refractivity contribution in [1.82, 2.24) is 0 Å². The van der Waals surface area contributed by atoms with Crippen molar-refractivity contribution >= 4 is 5.78 Å².